The summed E-state index contributed by atoms with van der Waals surface area (Å²) < 4.78 is 26.2. The van der Waals surface area contributed by atoms with Crippen molar-refractivity contribution in [2.75, 3.05) is 6.54 Å². The van der Waals surface area contributed by atoms with Crippen LogP contribution in [0.1, 0.15) is 32.8 Å². The van der Waals surface area contributed by atoms with Crippen LogP contribution in [0.3, 0.4) is 0 Å². The predicted molar refractivity (Wildman–Crippen MR) is 71.6 cm³/mol. The number of halogens is 2. The maximum Gasteiger partial charge on any atom is 0.129 e. The van der Waals surface area contributed by atoms with Gasteiger partial charge in [0.2, 0.25) is 0 Å². The van der Waals surface area contributed by atoms with Crippen LogP contribution in [0.2, 0.25) is 0 Å². The van der Waals surface area contributed by atoms with E-state index in [2.05, 4.69) is 25.2 Å². The Hall–Kier alpha value is -1.22. The second-order valence-corrected chi connectivity index (χ2v) is 4.86. The number of hydrogen-bond donors (Lipinski definition) is 1. The lowest BCUT2D eigenvalue weighted by Crippen LogP contribution is -2.23. The zero-order chi connectivity index (χ0) is 13.5. The third-order valence-corrected chi connectivity index (χ3v) is 2.67. The van der Waals surface area contributed by atoms with Crippen LogP contribution in [0, 0.1) is 11.6 Å². The molecular formula is C15H21F2N. The molecule has 0 aliphatic rings. The van der Waals surface area contributed by atoms with Gasteiger partial charge in [-0.25, -0.2) is 8.78 Å². The van der Waals surface area contributed by atoms with E-state index in [1.165, 1.54) is 12.1 Å². The van der Waals surface area contributed by atoms with Crippen LogP contribution in [-0.4, -0.2) is 12.6 Å². The summed E-state index contributed by atoms with van der Waals surface area (Å²) in [7, 11) is 0. The van der Waals surface area contributed by atoms with Crippen molar-refractivity contribution in [3.63, 3.8) is 0 Å². The summed E-state index contributed by atoms with van der Waals surface area (Å²) in [6.07, 6.45) is 3.55. The Morgan fingerprint density at radius 3 is 2.67 bits per heavy atom. The number of nitrogens with one attached hydrogen (secondary N) is 1. The number of rotatable bonds is 6. The molecule has 0 aliphatic carbocycles. The standard InChI is InChI=1S/C15H21F2N/c1-11(2)18-8-4-5-12(3)9-13-6-7-14(16)10-15(13)17/h5-7,10-11,18H,4,8-9H2,1-3H3. The highest BCUT2D eigenvalue weighted by Gasteiger charge is 2.04. The molecular weight excluding hydrogens is 232 g/mol. The minimum Gasteiger partial charge on any atom is -0.314 e. The molecule has 0 bridgehead atoms. The van der Waals surface area contributed by atoms with E-state index in [4.69, 9.17) is 0 Å². The van der Waals surface area contributed by atoms with Crippen LogP contribution in [-0.2, 0) is 6.42 Å². The molecule has 18 heavy (non-hydrogen) atoms. The van der Waals surface area contributed by atoms with Crippen molar-refractivity contribution in [3.05, 3.63) is 47.0 Å². The Morgan fingerprint density at radius 1 is 1.33 bits per heavy atom. The van der Waals surface area contributed by atoms with Gasteiger partial charge in [-0.05, 0) is 37.9 Å². The molecule has 1 aromatic rings. The number of hydrogen-bond acceptors (Lipinski definition) is 1. The van der Waals surface area contributed by atoms with Crippen LogP contribution >= 0.6 is 0 Å². The van der Waals surface area contributed by atoms with Crippen molar-refractivity contribution in [2.45, 2.75) is 39.7 Å². The molecule has 1 nitrogen and oxygen atoms in total. The third kappa shape index (κ3) is 5.41. The van der Waals surface area contributed by atoms with Gasteiger partial charge in [-0.3, -0.25) is 0 Å². The smallest absolute Gasteiger partial charge is 0.129 e. The normalized spacial score (nSPS) is 12.2. The Bertz CT molecular complexity index is 411. The molecule has 0 unspecified atom stereocenters. The van der Waals surface area contributed by atoms with E-state index in [1.54, 1.807) is 0 Å². The van der Waals surface area contributed by atoms with Gasteiger partial charge in [0.1, 0.15) is 11.6 Å². The third-order valence-electron chi connectivity index (χ3n) is 2.67. The van der Waals surface area contributed by atoms with Gasteiger partial charge in [-0.2, -0.15) is 0 Å². The number of benzene rings is 1. The van der Waals surface area contributed by atoms with Crippen LogP contribution in [0.15, 0.2) is 29.8 Å². The summed E-state index contributed by atoms with van der Waals surface area (Å²) >= 11 is 0. The molecule has 1 aromatic carbocycles. The van der Waals surface area contributed by atoms with Gasteiger partial charge in [-0.1, -0.05) is 31.6 Å². The van der Waals surface area contributed by atoms with E-state index in [0.717, 1.165) is 24.6 Å². The summed E-state index contributed by atoms with van der Waals surface area (Å²) in [6.45, 7) is 7.09. The summed E-state index contributed by atoms with van der Waals surface area (Å²) in [6, 6.07) is 4.22. The van der Waals surface area contributed by atoms with Crippen molar-refractivity contribution < 1.29 is 8.78 Å². The Balaban J connectivity index is 2.48. The Labute approximate surface area is 108 Å². The first-order valence-electron chi connectivity index (χ1n) is 6.32. The van der Waals surface area contributed by atoms with E-state index in [9.17, 15) is 8.78 Å². The van der Waals surface area contributed by atoms with Crippen LogP contribution in [0.5, 0.6) is 0 Å². The summed E-state index contributed by atoms with van der Waals surface area (Å²) in [5.74, 6) is -0.998. The van der Waals surface area contributed by atoms with Crippen molar-refractivity contribution in [1.82, 2.24) is 5.32 Å². The lowest BCUT2D eigenvalue weighted by atomic mass is 10.0. The van der Waals surface area contributed by atoms with E-state index < -0.39 is 11.6 Å². The molecule has 0 atom stereocenters. The maximum atomic E-state index is 13.4. The lowest BCUT2D eigenvalue weighted by Gasteiger charge is -2.07. The fraction of sp³-hybridized carbons (Fsp3) is 0.467. The van der Waals surface area contributed by atoms with Crippen molar-refractivity contribution in [2.24, 2.45) is 0 Å². The molecule has 0 fully saturated rings. The SMILES string of the molecule is CC(=CCCNC(C)C)Cc1ccc(F)cc1F. The molecule has 0 heterocycles. The first kappa shape index (κ1) is 14.8. The zero-order valence-corrected chi connectivity index (χ0v) is 11.3. The monoisotopic (exact) mass is 253 g/mol. The molecule has 0 aromatic heterocycles. The van der Waals surface area contributed by atoms with E-state index in [1.807, 2.05) is 6.92 Å². The quantitative estimate of drug-likeness (QED) is 0.600. The highest BCUT2D eigenvalue weighted by molar-refractivity contribution is 5.23. The second-order valence-electron chi connectivity index (χ2n) is 4.86. The Morgan fingerprint density at radius 2 is 2.06 bits per heavy atom. The van der Waals surface area contributed by atoms with Gasteiger partial charge in [0, 0.05) is 12.1 Å². The van der Waals surface area contributed by atoms with Crippen LogP contribution in [0.25, 0.3) is 0 Å². The van der Waals surface area contributed by atoms with Crippen molar-refractivity contribution in [1.29, 1.82) is 0 Å². The predicted octanol–water partition coefficient (Wildman–Crippen LogP) is 3.84. The highest BCUT2D eigenvalue weighted by Crippen LogP contribution is 2.14. The molecule has 3 heteroatoms. The van der Waals surface area contributed by atoms with Gasteiger partial charge in [-0.15, -0.1) is 0 Å². The van der Waals surface area contributed by atoms with Crippen molar-refractivity contribution >= 4 is 0 Å². The lowest BCUT2D eigenvalue weighted by molar-refractivity contribution is 0.574. The van der Waals surface area contributed by atoms with Gasteiger partial charge < -0.3 is 5.32 Å². The molecule has 0 aliphatic heterocycles. The average molecular weight is 253 g/mol. The molecule has 0 radical (unpaired) electrons. The van der Waals surface area contributed by atoms with Crippen LogP contribution in [0.4, 0.5) is 8.78 Å². The molecule has 1 N–H and O–H groups in total. The average Bonchev–Trinajstić information content (AvgIpc) is 2.28. The fourth-order valence-electron chi connectivity index (χ4n) is 1.73. The van der Waals surface area contributed by atoms with E-state index in [0.29, 0.717) is 18.0 Å². The highest BCUT2D eigenvalue weighted by atomic mass is 19.1. The zero-order valence-electron chi connectivity index (χ0n) is 11.3. The maximum absolute atomic E-state index is 13.4. The van der Waals surface area contributed by atoms with Crippen LogP contribution < -0.4 is 5.32 Å². The molecule has 0 spiro atoms. The molecule has 0 saturated heterocycles. The number of allylic oxidation sites excluding steroid dienone is 1. The summed E-state index contributed by atoms with van der Waals surface area (Å²) in [5.41, 5.74) is 1.65. The topological polar surface area (TPSA) is 12.0 Å². The van der Waals surface area contributed by atoms with Crippen molar-refractivity contribution in [3.8, 4) is 0 Å². The summed E-state index contributed by atoms with van der Waals surface area (Å²) in [5, 5.41) is 3.32. The first-order valence-corrected chi connectivity index (χ1v) is 6.32. The molecule has 1 rings (SSSR count). The molecule has 0 amide bonds. The summed E-state index contributed by atoms with van der Waals surface area (Å²) in [4.78, 5) is 0. The second kappa shape index (κ2) is 7.27. The first-order chi connectivity index (χ1) is 8.49. The largest absolute Gasteiger partial charge is 0.314 e. The van der Waals surface area contributed by atoms with E-state index in [-0.39, 0.29) is 0 Å². The van der Waals surface area contributed by atoms with Gasteiger partial charge in [0.15, 0.2) is 0 Å². The molecule has 100 valence electrons. The van der Waals surface area contributed by atoms with Gasteiger partial charge in [0.25, 0.3) is 0 Å². The fourth-order valence-corrected chi connectivity index (χ4v) is 1.73. The van der Waals surface area contributed by atoms with Gasteiger partial charge in [0.05, 0.1) is 0 Å². The van der Waals surface area contributed by atoms with Gasteiger partial charge >= 0.3 is 0 Å². The van der Waals surface area contributed by atoms with E-state index >= 15 is 0 Å². The minimum atomic E-state index is -0.529. The molecule has 0 saturated carbocycles. The minimum absolute atomic E-state index is 0.469. The Kier molecular flexibility index (Phi) is 5.99.